The van der Waals surface area contributed by atoms with Crippen LogP contribution < -0.4 is 0 Å². The van der Waals surface area contributed by atoms with Crippen molar-refractivity contribution in [2.45, 2.75) is 50.9 Å². The third-order valence-corrected chi connectivity index (χ3v) is 5.85. The van der Waals surface area contributed by atoms with Crippen molar-refractivity contribution in [3.05, 3.63) is 82.8 Å². The molecular weight excluding hydrogens is 346 g/mol. The summed E-state index contributed by atoms with van der Waals surface area (Å²) in [7, 11) is 0. The zero-order valence-corrected chi connectivity index (χ0v) is 16.3. The molecule has 3 rings (SSSR count). The van der Waals surface area contributed by atoms with Gasteiger partial charge in [0.25, 0.3) is 0 Å². The monoisotopic (exact) mass is 373 g/mol. The SMILES string of the molecule is C=CCCCC1CCC(c2ccc(-c3ccc(C(=O)N=[N+]=[N-])cc3)cc2)CC1. The first kappa shape index (κ1) is 19.9. The van der Waals surface area contributed by atoms with Gasteiger partial charge < -0.3 is 0 Å². The minimum atomic E-state index is -0.551. The fourth-order valence-electron chi connectivity index (χ4n) is 4.19. The number of amides is 1. The van der Waals surface area contributed by atoms with Crippen LogP contribution in [0.15, 0.2) is 66.3 Å². The second kappa shape index (κ2) is 9.91. The van der Waals surface area contributed by atoms with Crippen LogP contribution in [0.5, 0.6) is 0 Å². The molecule has 1 amide bonds. The molecule has 1 aliphatic carbocycles. The Morgan fingerprint density at radius 2 is 1.64 bits per heavy atom. The molecule has 2 aromatic rings. The molecule has 0 N–H and O–H groups in total. The highest BCUT2D eigenvalue weighted by Crippen LogP contribution is 2.38. The molecule has 1 saturated carbocycles. The first-order chi connectivity index (χ1) is 13.7. The molecule has 0 radical (unpaired) electrons. The molecule has 2 aromatic carbocycles. The Morgan fingerprint density at radius 1 is 1.04 bits per heavy atom. The van der Waals surface area contributed by atoms with E-state index in [0.29, 0.717) is 11.5 Å². The summed E-state index contributed by atoms with van der Waals surface area (Å²) in [5.41, 5.74) is 12.4. The molecule has 0 aliphatic heterocycles. The number of hydrogen-bond donors (Lipinski definition) is 0. The number of benzene rings is 2. The molecular formula is C24H27N3O. The van der Waals surface area contributed by atoms with Crippen LogP contribution in [0.1, 0.15) is 66.8 Å². The van der Waals surface area contributed by atoms with E-state index in [2.05, 4.69) is 40.9 Å². The molecule has 0 heterocycles. The third-order valence-electron chi connectivity index (χ3n) is 5.85. The van der Waals surface area contributed by atoms with Gasteiger partial charge in [0.15, 0.2) is 0 Å². The number of rotatable bonds is 7. The topological polar surface area (TPSA) is 65.8 Å². The highest BCUT2D eigenvalue weighted by atomic mass is 16.1. The molecule has 4 nitrogen and oxygen atoms in total. The summed E-state index contributed by atoms with van der Waals surface area (Å²) in [6, 6.07) is 16.0. The van der Waals surface area contributed by atoms with Crippen LogP contribution in [0, 0.1) is 5.92 Å². The molecule has 4 heteroatoms. The molecule has 144 valence electrons. The van der Waals surface area contributed by atoms with Crippen LogP contribution in [0.3, 0.4) is 0 Å². The maximum Gasteiger partial charge on any atom is 0.249 e. The minimum absolute atomic E-state index is 0.406. The van der Waals surface area contributed by atoms with Crippen LogP contribution in [-0.2, 0) is 0 Å². The van der Waals surface area contributed by atoms with Crippen molar-refractivity contribution in [2.75, 3.05) is 0 Å². The number of nitrogens with zero attached hydrogens (tertiary/aromatic N) is 3. The van der Waals surface area contributed by atoms with Gasteiger partial charge in [0.05, 0.1) is 0 Å². The molecule has 0 bridgehead atoms. The van der Waals surface area contributed by atoms with Gasteiger partial charge in [-0.3, -0.25) is 4.79 Å². The van der Waals surface area contributed by atoms with Gasteiger partial charge in [0.1, 0.15) is 0 Å². The molecule has 0 aromatic heterocycles. The Balaban J connectivity index is 1.59. The zero-order chi connectivity index (χ0) is 19.8. The Hall–Kier alpha value is -2.84. The molecule has 1 fully saturated rings. The zero-order valence-electron chi connectivity index (χ0n) is 16.3. The van der Waals surface area contributed by atoms with Gasteiger partial charge in [-0.2, -0.15) is 0 Å². The van der Waals surface area contributed by atoms with Crippen LogP contribution >= 0.6 is 0 Å². The van der Waals surface area contributed by atoms with Crippen molar-refractivity contribution in [3.63, 3.8) is 0 Å². The molecule has 1 aliphatic rings. The van der Waals surface area contributed by atoms with Crippen molar-refractivity contribution in [1.82, 2.24) is 0 Å². The third kappa shape index (κ3) is 5.11. The highest BCUT2D eigenvalue weighted by Gasteiger charge is 2.21. The van der Waals surface area contributed by atoms with E-state index in [1.54, 1.807) is 12.1 Å². The first-order valence-electron chi connectivity index (χ1n) is 10.1. The summed E-state index contributed by atoms with van der Waals surface area (Å²) in [5.74, 6) is 1.01. The number of azide groups is 1. The lowest BCUT2D eigenvalue weighted by molar-refractivity contribution is 0.100. The Labute approximate surface area is 166 Å². The molecule has 28 heavy (non-hydrogen) atoms. The Bertz CT molecular complexity index is 840. The summed E-state index contributed by atoms with van der Waals surface area (Å²) in [6.07, 6.45) is 11.0. The molecule has 0 atom stereocenters. The van der Waals surface area contributed by atoms with Crippen LogP contribution in [0.25, 0.3) is 21.6 Å². The lowest BCUT2D eigenvalue weighted by Crippen LogP contribution is -2.13. The molecule has 0 unspecified atom stereocenters. The van der Waals surface area contributed by atoms with E-state index in [1.165, 1.54) is 44.1 Å². The molecule has 0 spiro atoms. The summed E-state index contributed by atoms with van der Waals surface area (Å²) in [4.78, 5) is 14.1. The summed E-state index contributed by atoms with van der Waals surface area (Å²) in [5, 5.41) is 3.12. The maximum atomic E-state index is 11.6. The van der Waals surface area contributed by atoms with Gasteiger partial charge in [-0.05, 0) is 77.7 Å². The van der Waals surface area contributed by atoms with Crippen molar-refractivity contribution in [1.29, 1.82) is 0 Å². The normalized spacial score (nSPS) is 18.9. The van der Waals surface area contributed by atoms with Crippen LogP contribution in [-0.4, -0.2) is 5.91 Å². The summed E-state index contributed by atoms with van der Waals surface area (Å²) >= 11 is 0. The van der Waals surface area contributed by atoms with E-state index in [-0.39, 0.29) is 0 Å². The van der Waals surface area contributed by atoms with Crippen molar-refractivity contribution < 1.29 is 4.79 Å². The largest absolute Gasteiger partial charge is 0.287 e. The second-order valence-electron chi connectivity index (χ2n) is 7.63. The first-order valence-corrected chi connectivity index (χ1v) is 10.1. The lowest BCUT2D eigenvalue weighted by Gasteiger charge is -2.29. The number of carbonyl (C=O) groups excluding carboxylic acids is 1. The number of unbranched alkanes of at least 4 members (excludes halogenated alkanes) is 1. The quantitative estimate of drug-likeness (QED) is 0.163. The van der Waals surface area contributed by atoms with E-state index < -0.39 is 5.91 Å². The van der Waals surface area contributed by atoms with Gasteiger partial charge in [-0.1, -0.05) is 61.0 Å². The highest BCUT2D eigenvalue weighted by molar-refractivity contribution is 5.95. The van der Waals surface area contributed by atoms with E-state index in [0.717, 1.165) is 23.5 Å². The standard InChI is InChI=1S/C24H27N3O/c1-2-3-4-5-18-6-8-19(9-7-18)20-10-12-21(13-11-20)22-14-16-23(17-15-22)24(28)26-27-25/h2,10-19H,1,3-9H2. The van der Waals surface area contributed by atoms with Crippen molar-refractivity contribution >= 4 is 5.91 Å². The van der Waals surface area contributed by atoms with Crippen molar-refractivity contribution in [3.8, 4) is 11.1 Å². The Morgan fingerprint density at radius 3 is 2.21 bits per heavy atom. The smallest absolute Gasteiger partial charge is 0.249 e. The van der Waals surface area contributed by atoms with Gasteiger partial charge in [-0.15, -0.1) is 6.58 Å². The van der Waals surface area contributed by atoms with Gasteiger partial charge >= 0.3 is 0 Å². The summed E-state index contributed by atoms with van der Waals surface area (Å²) in [6.45, 7) is 3.81. The fourth-order valence-corrected chi connectivity index (χ4v) is 4.19. The second-order valence-corrected chi connectivity index (χ2v) is 7.63. The van der Waals surface area contributed by atoms with Gasteiger partial charge in [-0.25, -0.2) is 0 Å². The Kier molecular flexibility index (Phi) is 7.05. The number of carbonyl (C=O) groups is 1. The predicted octanol–water partition coefficient (Wildman–Crippen LogP) is 7.43. The average molecular weight is 374 g/mol. The maximum absolute atomic E-state index is 11.6. The van der Waals surface area contributed by atoms with Gasteiger partial charge in [0.2, 0.25) is 5.91 Å². The number of hydrogen-bond acceptors (Lipinski definition) is 1. The minimum Gasteiger partial charge on any atom is -0.287 e. The number of allylic oxidation sites excluding steroid dienone is 1. The lowest BCUT2D eigenvalue weighted by atomic mass is 9.77. The van der Waals surface area contributed by atoms with Crippen LogP contribution in [0.2, 0.25) is 0 Å². The van der Waals surface area contributed by atoms with E-state index in [1.807, 2.05) is 18.2 Å². The van der Waals surface area contributed by atoms with Crippen molar-refractivity contribution in [2.24, 2.45) is 11.0 Å². The summed E-state index contributed by atoms with van der Waals surface area (Å²) < 4.78 is 0. The molecule has 0 saturated heterocycles. The van der Waals surface area contributed by atoms with Crippen LogP contribution in [0.4, 0.5) is 0 Å². The average Bonchev–Trinajstić information content (AvgIpc) is 2.75. The predicted molar refractivity (Wildman–Crippen MR) is 114 cm³/mol. The fraction of sp³-hybridized carbons (Fsp3) is 0.375. The van der Waals surface area contributed by atoms with E-state index >= 15 is 0 Å². The van der Waals surface area contributed by atoms with Gasteiger partial charge in [0, 0.05) is 10.5 Å². The van der Waals surface area contributed by atoms with E-state index in [9.17, 15) is 4.79 Å². The van der Waals surface area contributed by atoms with E-state index in [4.69, 9.17) is 5.53 Å².